The minimum Gasteiger partial charge on any atom is -0.266 e. The van der Waals surface area contributed by atoms with Gasteiger partial charge < -0.3 is 0 Å². The van der Waals surface area contributed by atoms with Gasteiger partial charge in [-0.25, -0.2) is 4.09 Å². The zero-order valence-electron chi connectivity index (χ0n) is 4.34. The lowest BCUT2D eigenvalue weighted by Gasteiger charge is -1.90. The molecular weight excluding hydrogens is 161 g/mol. The third kappa shape index (κ3) is 1.26. The van der Waals surface area contributed by atoms with Crippen molar-refractivity contribution in [3.63, 3.8) is 0 Å². The molecule has 0 aromatic carbocycles. The Hall–Kier alpha value is -0.470. The molecule has 1 heterocycles. The molecule has 0 unspecified atom stereocenters. The Morgan fingerprint density at radius 3 is 2.67 bits per heavy atom. The molecule has 0 radical (unpaired) electrons. The molecule has 0 spiro atoms. The maximum atomic E-state index is 10.7. The van der Waals surface area contributed by atoms with Crippen molar-refractivity contribution in [3.05, 3.63) is 33.7 Å². The Bertz CT molecular complexity index is 245. The monoisotopic (exact) mass is 163 g/mol. The molecule has 0 atom stereocenters. The van der Waals surface area contributed by atoms with Crippen LogP contribution < -0.4 is 5.56 Å². The lowest BCUT2D eigenvalue weighted by molar-refractivity contribution is 1.13. The summed E-state index contributed by atoms with van der Waals surface area (Å²) in [5.74, 6) is 0. The van der Waals surface area contributed by atoms with Crippen LogP contribution in [0, 0.1) is 0 Å². The number of nitrogens with zero attached hydrogens (tertiary/aromatic N) is 1. The fourth-order valence-corrected chi connectivity index (χ4v) is 0.807. The second kappa shape index (κ2) is 2.42. The number of halogens is 2. The van der Waals surface area contributed by atoms with Crippen LogP contribution >= 0.6 is 23.4 Å². The van der Waals surface area contributed by atoms with Crippen LogP contribution in [0.5, 0.6) is 0 Å². The summed E-state index contributed by atoms with van der Waals surface area (Å²) in [6, 6.07) is 3.08. The third-order valence-electron chi connectivity index (χ3n) is 0.858. The maximum Gasteiger partial charge on any atom is 0.283 e. The molecule has 48 valence electrons. The Morgan fingerprint density at radius 2 is 2.22 bits per heavy atom. The first-order valence-electron chi connectivity index (χ1n) is 2.25. The average molecular weight is 164 g/mol. The molecule has 0 fully saturated rings. The highest BCUT2D eigenvalue weighted by atomic mass is 35.5. The summed E-state index contributed by atoms with van der Waals surface area (Å²) in [5.41, 5.74) is -0.388. The Labute approximate surface area is 61.7 Å². The summed E-state index contributed by atoms with van der Waals surface area (Å²) in [5, 5.41) is 0.132. The van der Waals surface area contributed by atoms with Crippen LogP contribution in [0.2, 0.25) is 5.02 Å². The maximum absolute atomic E-state index is 10.7. The molecule has 0 N–H and O–H groups in total. The molecule has 0 amide bonds. The zero-order valence-corrected chi connectivity index (χ0v) is 5.86. The fraction of sp³-hybridized carbons (Fsp3) is 0. The molecule has 9 heavy (non-hydrogen) atoms. The van der Waals surface area contributed by atoms with Gasteiger partial charge in [-0.1, -0.05) is 11.6 Å². The van der Waals surface area contributed by atoms with Gasteiger partial charge >= 0.3 is 0 Å². The first-order valence-corrected chi connectivity index (χ1v) is 2.97. The van der Waals surface area contributed by atoms with Crippen LogP contribution in [0.15, 0.2) is 23.1 Å². The minimum atomic E-state index is -0.388. The van der Waals surface area contributed by atoms with Gasteiger partial charge in [-0.3, -0.25) is 4.79 Å². The molecule has 0 saturated heterocycles. The third-order valence-corrected chi connectivity index (χ3v) is 1.41. The van der Waals surface area contributed by atoms with Gasteiger partial charge in [-0.15, -0.1) is 0 Å². The van der Waals surface area contributed by atoms with Crippen LogP contribution in [0.4, 0.5) is 0 Å². The van der Waals surface area contributed by atoms with Crippen LogP contribution in [0.3, 0.4) is 0 Å². The van der Waals surface area contributed by atoms with Gasteiger partial charge in [0.15, 0.2) is 0 Å². The van der Waals surface area contributed by atoms with Crippen molar-refractivity contribution in [2.24, 2.45) is 0 Å². The van der Waals surface area contributed by atoms with Gasteiger partial charge in [-0.05, 0) is 12.1 Å². The second-order valence-electron chi connectivity index (χ2n) is 1.47. The van der Waals surface area contributed by atoms with Crippen LogP contribution in [0.1, 0.15) is 0 Å². The van der Waals surface area contributed by atoms with Crippen LogP contribution in [-0.2, 0) is 0 Å². The molecule has 4 heteroatoms. The number of rotatable bonds is 0. The van der Waals surface area contributed by atoms with E-state index in [0.29, 0.717) is 0 Å². The predicted molar refractivity (Wildman–Crippen MR) is 37.0 cm³/mol. The van der Waals surface area contributed by atoms with Crippen molar-refractivity contribution in [2.45, 2.75) is 0 Å². The molecule has 0 bridgehead atoms. The Kier molecular flexibility index (Phi) is 1.78. The summed E-state index contributed by atoms with van der Waals surface area (Å²) in [6.07, 6.45) is 1.43. The number of hydrogen-bond donors (Lipinski definition) is 0. The van der Waals surface area contributed by atoms with Gasteiger partial charge in [0.1, 0.15) is 5.02 Å². The molecule has 1 aromatic rings. The normalized spacial score (nSPS) is 9.56. The van der Waals surface area contributed by atoms with E-state index in [1.165, 1.54) is 12.3 Å². The molecule has 0 saturated carbocycles. The second-order valence-corrected chi connectivity index (χ2v) is 2.24. The van der Waals surface area contributed by atoms with Gasteiger partial charge in [0, 0.05) is 18.0 Å². The van der Waals surface area contributed by atoms with E-state index in [2.05, 4.69) is 0 Å². The van der Waals surface area contributed by atoms with Gasteiger partial charge in [0.25, 0.3) is 5.56 Å². The zero-order chi connectivity index (χ0) is 6.85. The first kappa shape index (κ1) is 6.65. The molecule has 1 aromatic heterocycles. The SMILES string of the molecule is O=c1c(Cl)cccn1Cl. The fourth-order valence-electron chi connectivity index (χ4n) is 0.444. The molecule has 2 nitrogen and oxygen atoms in total. The molecule has 1 rings (SSSR count). The summed E-state index contributed by atoms with van der Waals surface area (Å²) < 4.78 is 0.905. The molecular formula is C5H3Cl2NO. The van der Waals surface area contributed by atoms with Crippen molar-refractivity contribution in [3.8, 4) is 0 Å². The van der Waals surface area contributed by atoms with Crippen molar-refractivity contribution < 1.29 is 0 Å². The van der Waals surface area contributed by atoms with Crippen molar-refractivity contribution in [1.29, 1.82) is 0 Å². The van der Waals surface area contributed by atoms with E-state index in [1.54, 1.807) is 6.07 Å². The Morgan fingerprint density at radius 1 is 1.56 bits per heavy atom. The lowest BCUT2D eigenvalue weighted by Crippen LogP contribution is -2.10. The van der Waals surface area contributed by atoms with E-state index >= 15 is 0 Å². The van der Waals surface area contributed by atoms with E-state index in [1.807, 2.05) is 0 Å². The Balaban J connectivity index is 3.43. The topological polar surface area (TPSA) is 22.0 Å². The van der Waals surface area contributed by atoms with E-state index in [4.69, 9.17) is 23.4 Å². The molecule has 0 aliphatic rings. The van der Waals surface area contributed by atoms with E-state index < -0.39 is 0 Å². The number of pyridine rings is 1. The molecule has 0 aliphatic heterocycles. The average Bonchev–Trinajstić information content (AvgIpc) is 1.83. The van der Waals surface area contributed by atoms with Crippen LogP contribution in [-0.4, -0.2) is 4.09 Å². The van der Waals surface area contributed by atoms with E-state index in [0.717, 1.165) is 4.09 Å². The molecule has 0 aliphatic carbocycles. The van der Waals surface area contributed by atoms with Crippen molar-refractivity contribution >= 4 is 23.4 Å². The van der Waals surface area contributed by atoms with Gasteiger partial charge in [0.05, 0.1) is 0 Å². The highest BCUT2D eigenvalue weighted by molar-refractivity contribution is 6.30. The van der Waals surface area contributed by atoms with Gasteiger partial charge in [-0.2, -0.15) is 0 Å². The predicted octanol–water partition coefficient (Wildman–Crippen LogP) is 1.50. The summed E-state index contributed by atoms with van der Waals surface area (Å²) >= 11 is 10.7. The highest BCUT2D eigenvalue weighted by Gasteiger charge is 1.94. The van der Waals surface area contributed by atoms with E-state index in [-0.39, 0.29) is 10.6 Å². The smallest absolute Gasteiger partial charge is 0.266 e. The van der Waals surface area contributed by atoms with Gasteiger partial charge in [0.2, 0.25) is 0 Å². The van der Waals surface area contributed by atoms with E-state index in [9.17, 15) is 4.79 Å². The summed E-state index contributed by atoms with van der Waals surface area (Å²) in [7, 11) is 0. The quantitative estimate of drug-likeness (QED) is 0.569. The first-order chi connectivity index (χ1) is 4.22. The summed E-state index contributed by atoms with van der Waals surface area (Å²) in [4.78, 5) is 10.7. The summed E-state index contributed by atoms with van der Waals surface area (Å²) in [6.45, 7) is 0. The van der Waals surface area contributed by atoms with Crippen molar-refractivity contribution in [2.75, 3.05) is 0 Å². The van der Waals surface area contributed by atoms with Crippen LogP contribution in [0.25, 0.3) is 0 Å². The largest absolute Gasteiger partial charge is 0.283 e. The minimum absolute atomic E-state index is 0.132. The number of aromatic nitrogens is 1. The van der Waals surface area contributed by atoms with Crippen molar-refractivity contribution in [1.82, 2.24) is 4.09 Å². The number of hydrogen-bond acceptors (Lipinski definition) is 1. The highest BCUT2D eigenvalue weighted by Crippen LogP contribution is 1.98. The standard InChI is InChI=1S/C5H3Cl2NO/c6-4-2-1-3-8(7)5(4)9/h1-3H. The lowest BCUT2D eigenvalue weighted by atomic mass is 10.5.